The zero-order valence-corrected chi connectivity index (χ0v) is 12.0. The van der Waals surface area contributed by atoms with Gasteiger partial charge in [-0.1, -0.05) is 12.1 Å². The van der Waals surface area contributed by atoms with Crippen molar-refractivity contribution >= 4 is 42.1 Å². The van der Waals surface area contributed by atoms with Crippen molar-refractivity contribution in [2.24, 2.45) is 5.73 Å². The third-order valence-electron chi connectivity index (χ3n) is 2.90. The molecule has 0 radical (unpaired) electrons. The van der Waals surface area contributed by atoms with Gasteiger partial charge in [-0.25, -0.2) is 0 Å². The van der Waals surface area contributed by atoms with Crippen molar-refractivity contribution in [3.05, 3.63) is 24.3 Å². The van der Waals surface area contributed by atoms with Crippen LogP contribution in [0.1, 0.15) is 6.42 Å². The van der Waals surface area contributed by atoms with Crippen molar-refractivity contribution in [1.29, 1.82) is 0 Å². The highest BCUT2D eigenvalue weighted by Crippen LogP contribution is 2.31. The van der Waals surface area contributed by atoms with Gasteiger partial charge in [0.15, 0.2) is 0 Å². The number of anilines is 2. The summed E-state index contributed by atoms with van der Waals surface area (Å²) < 4.78 is 0. The van der Waals surface area contributed by atoms with E-state index in [1.54, 1.807) is 0 Å². The number of benzene rings is 1. The Labute approximate surface area is 120 Å². The van der Waals surface area contributed by atoms with Crippen LogP contribution in [0.5, 0.6) is 0 Å². The van der Waals surface area contributed by atoms with E-state index in [0.29, 0.717) is 13.0 Å². The lowest BCUT2D eigenvalue weighted by Crippen LogP contribution is -2.43. The molecule has 0 spiro atoms. The number of nitrogens with two attached hydrogens (primary N) is 1. The number of fused-ring (bicyclic) bond motifs is 1. The van der Waals surface area contributed by atoms with Gasteiger partial charge < -0.3 is 15.5 Å². The maximum Gasteiger partial charge on any atom is 0.228 e. The number of carbonyl (C=O) groups is 1. The van der Waals surface area contributed by atoms with Gasteiger partial charge in [0, 0.05) is 33.1 Å². The monoisotopic (exact) mass is 291 g/mol. The molecule has 18 heavy (non-hydrogen) atoms. The topological polar surface area (TPSA) is 49.6 Å². The summed E-state index contributed by atoms with van der Waals surface area (Å²) in [6, 6.07) is 7.98. The van der Waals surface area contributed by atoms with Crippen LogP contribution in [-0.4, -0.2) is 32.6 Å². The fourth-order valence-corrected chi connectivity index (χ4v) is 2.02. The Bertz CT molecular complexity index is 401. The first kappa shape index (κ1) is 17.0. The van der Waals surface area contributed by atoms with Crippen LogP contribution in [0, 0.1) is 0 Å². The summed E-state index contributed by atoms with van der Waals surface area (Å²) >= 11 is 0. The van der Waals surface area contributed by atoms with E-state index in [1.807, 2.05) is 36.2 Å². The van der Waals surface area contributed by atoms with Gasteiger partial charge in [0.05, 0.1) is 11.4 Å². The van der Waals surface area contributed by atoms with Gasteiger partial charge in [-0.2, -0.15) is 0 Å². The van der Waals surface area contributed by atoms with Crippen LogP contribution in [0.15, 0.2) is 24.3 Å². The van der Waals surface area contributed by atoms with E-state index in [2.05, 4.69) is 4.90 Å². The molecular formula is C12H19Cl2N3O. The molecule has 1 aromatic rings. The van der Waals surface area contributed by atoms with E-state index in [0.717, 1.165) is 24.5 Å². The predicted octanol–water partition coefficient (Wildman–Crippen LogP) is 1.66. The minimum Gasteiger partial charge on any atom is -0.371 e. The largest absolute Gasteiger partial charge is 0.371 e. The summed E-state index contributed by atoms with van der Waals surface area (Å²) in [6.07, 6.45) is 0.415. The second-order valence-electron chi connectivity index (χ2n) is 3.99. The maximum atomic E-state index is 11.9. The van der Waals surface area contributed by atoms with Crippen molar-refractivity contribution in [3.8, 4) is 0 Å². The van der Waals surface area contributed by atoms with Crippen LogP contribution in [-0.2, 0) is 4.79 Å². The average Bonchev–Trinajstić information content (AvgIpc) is 2.30. The number of carbonyl (C=O) groups excluding carboxylic acids is 1. The molecule has 0 aromatic heterocycles. The zero-order chi connectivity index (χ0) is 11.5. The zero-order valence-electron chi connectivity index (χ0n) is 10.3. The molecule has 0 fully saturated rings. The number of para-hydroxylation sites is 2. The van der Waals surface area contributed by atoms with E-state index in [1.165, 1.54) is 0 Å². The summed E-state index contributed by atoms with van der Waals surface area (Å²) in [5.74, 6) is 0.114. The lowest BCUT2D eigenvalue weighted by Gasteiger charge is -2.35. The van der Waals surface area contributed by atoms with E-state index < -0.39 is 0 Å². The summed E-state index contributed by atoms with van der Waals surface area (Å²) in [5.41, 5.74) is 7.53. The second-order valence-corrected chi connectivity index (χ2v) is 3.99. The molecular weight excluding hydrogens is 273 g/mol. The summed E-state index contributed by atoms with van der Waals surface area (Å²) in [5, 5.41) is 0. The Morgan fingerprint density at radius 1 is 1.22 bits per heavy atom. The van der Waals surface area contributed by atoms with Gasteiger partial charge >= 0.3 is 0 Å². The molecule has 2 N–H and O–H groups in total. The van der Waals surface area contributed by atoms with Crippen molar-refractivity contribution in [2.75, 3.05) is 36.5 Å². The number of nitrogens with zero attached hydrogens (tertiary/aromatic N) is 2. The van der Waals surface area contributed by atoms with E-state index in [-0.39, 0.29) is 30.7 Å². The first-order valence-electron chi connectivity index (χ1n) is 5.54. The lowest BCUT2D eigenvalue weighted by molar-refractivity contribution is -0.118. The minimum absolute atomic E-state index is 0. The second kappa shape index (κ2) is 7.46. The third kappa shape index (κ3) is 3.28. The van der Waals surface area contributed by atoms with Gasteiger partial charge in [-0.3, -0.25) is 4.79 Å². The molecule has 0 unspecified atom stereocenters. The quantitative estimate of drug-likeness (QED) is 0.902. The Morgan fingerprint density at radius 3 is 2.44 bits per heavy atom. The first-order valence-corrected chi connectivity index (χ1v) is 5.54. The standard InChI is InChI=1S/C12H17N3O.2ClH/c1-14-8-9-15(12(16)6-7-13)11-5-3-2-4-10(11)14;;/h2-5H,6-9,13H2,1H3;2*1H. The molecule has 1 heterocycles. The van der Waals surface area contributed by atoms with Crippen LogP contribution in [0.2, 0.25) is 0 Å². The SMILES string of the molecule is CN1CCN(C(=O)CCN)c2ccccc21.Cl.Cl. The molecule has 1 amide bonds. The molecule has 4 nitrogen and oxygen atoms in total. The molecule has 0 atom stereocenters. The van der Waals surface area contributed by atoms with Crippen LogP contribution >= 0.6 is 24.8 Å². The van der Waals surface area contributed by atoms with Crippen molar-refractivity contribution < 1.29 is 4.79 Å². The average molecular weight is 292 g/mol. The summed E-state index contributed by atoms with van der Waals surface area (Å²) in [7, 11) is 2.05. The van der Waals surface area contributed by atoms with E-state index in [9.17, 15) is 4.79 Å². The van der Waals surface area contributed by atoms with Gasteiger partial charge in [-0.05, 0) is 12.1 Å². The number of hydrogen-bond donors (Lipinski definition) is 1. The lowest BCUT2D eigenvalue weighted by atomic mass is 10.1. The molecule has 2 rings (SSSR count). The van der Waals surface area contributed by atoms with Gasteiger partial charge in [0.25, 0.3) is 0 Å². The molecule has 0 bridgehead atoms. The number of likely N-dealkylation sites (N-methyl/N-ethyl adjacent to an activating group) is 1. The Balaban J connectivity index is 0.00000144. The van der Waals surface area contributed by atoms with Gasteiger partial charge in [-0.15, -0.1) is 24.8 Å². The van der Waals surface area contributed by atoms with Crippen molar-refractivity contribution in [2.45, 2.75) is 6.42 Å². The minimum atomic E-state index is 0. The molecule has 1 aromatic carbocycles. The third-order valence-corrected chi connectivity index (χ3v) is 2.90. The molecule has 102 valence electrons. The number of hydrogen-bond acceptors (Lipinski definition) is 3. The van der Waals surface area contributed by atoms with Crippen molar-refractivity contribution in [3.63, 3.8) is 0 Å². The van der Waals surface area contributed by atoms with Gasteiger partial charge in [0.2, 0.25) is 5.91 Å². The van der Waals surface area contributed by atoms with E-state index in [4.69, 9.17) is 5.73 Å². The van der Waals surface area contributed by atoms with Crippen LogP contribution in [0.4, 0.5) is 11.4 Å². The highest BCUT2D eigenvalue weighted by Gasteiger charge is 2.23. The molecule has 1 aliphatic heterocycles. The summed E-state index contributed by atoms with van der Waals surface area (Å²) in [4.78, 5) is 15.9. The van der Waals surface area contributed by atoms with Crippen LogP contribution < -0.4 is 15.5 Å². The Morgan fingerprint density at radius 2 is 1.83 bits per heavy atom. The number of halogens is 2. The highest BCUT2D eigenvalue weighted by atomic mass is 35.5. The van der Waals surface area contributed by atoms with Crippen LogP contribution in [0.3, 0.4) is 0 Å². The fraction of sp³-hybridized carbons (Fsp3) is 0.417. The predicted molar refractivity (Wildman–Crippen MR) is 80.2 cm³/mol. The van der Waals surface area contributed by atoms with Crippen molar-refractivity contribution in [1.82, 2.24) is 0 Å². The molecule has 0 saturated carbocycles. The fourth-order valence-electron chi connectivity index (χ4n) is 2.02. The Kier molecular flexibility index (Phi) is 7.06. The highest BCUT2D eigenvalue weighted by molar-refractivity contribution is 5.97. The molecule has 6 heteroatoms. The van der Waals surface area contributed by atoms with Gasteiger partial charge in [0.1, 0.15) is 0 Å². The van der Waals surface area contributed by atoms with E-state index >= 15 is 0 Å². The van der Waals surface area contributed by atoms with Crippen LogP contribution in [0.25, 0.3) is 0 Å². The maximum absolute atomic E-state index is 11.9. The first-order chi connectivity index (χ1) is 7.74. The molecule has 1 aliphatic rings. The molecule has 0 saturated heterocycles. The molecule has 0 aliphatic carbocycles. The Hall–Kier alpha value is -0.970. The smallest absolute Gasteiger partial charge is 0.228 e. The summed E-state index contributed by atoms with van der Waals surface area (Å²) in [6.45, 7) is 2.02. The normalized spacial score (nSPS) is 13.2. The number of amides is 1. The number of rotatable bonds is 2.